The molecule has 0 aliphatic heterocycles. The smallest absolute Gasteiger partial charge is 0.200 e. The summed E-state index contributed by atoms with van der Waals surface area (Å²) in [6, 6.07) is 8.46. The van der Waals surface area contributed by atoms with Gasteiger partial charge in [-0.2, -0.15) is 0 Å². The highest BCUT2D eigenvalue weighted by atomic mass is 16.7. The molecule has 5 heteroatoms. The quantitative estimate of drug-likeness (QED) is 0.782. The summed E-state index contributed by atoms with van der Waals surface area (Å²) in [5, 5.41) is 0. The first-order valence-electron chi connectivity index (χ1n) is 6.62. The van der Waals surface area contributed by atoms with E-state index in [1.165, 1.54) is 11.1 Å². The van der Waals surface area contributed by atoms with Crippen LogP contribution in [0.4, 0.5) is 0 Å². The van der Waals surface area contributed by atoms with E-state index < -0.39 is 6.29 Å². The molecule has 1 aromatic carbocycles. The molecule has 108 valence electrons. The molecule has 20 heavy (non-hydrogen) atoms. The van der Waals surface area contributed by atoms with E-state index in [0.29, 0.717) is 6.54 Å². The van der Waals surface area contributed by atoms with Crippen molar-refractivity contribution < 1.29 is 9.47 Å². The highest BCUT2D eigenvalue weighted by molar-refractivity contribution is 5.23. The van der Waals surface area contributed by atoms with Gasteiger partial charge in [-0.15, -0.1) is 0 Å². The molecule has 0 aliphatic rings. The topological polar surface area (TPSA) is 62.3 Å². The zero-order chi connectivity index (χ0) is 14.4. The van der Waals surface area contributed by atoms with Crippen molar-refractivity contribution in [2.45, 2.75) is 19.3 Å². The molecule has 1 aromatic heterocycles. The van der Waals surface area contributed by atoms with Crippen LogP contribution in [0.5, 0.6) is 0 Å². The van der Waals surface area contributed by atoms with E-state index in [4.69, 9.17) is 15.2 Å². The van der Waals surface area contributed by atoms with Crippen LogP contribution in [0, 0.1) is 0 Å². The Morgan fingerprint density at radius 3 is 2.40 bits per heavy atom. The molecular formula is C15H21N3O2. The number of nitrogens with zero attached hydrogens (tertiary/aromatic N) is 2. The predicted octanol–water partition coefficient (Wildman–Crippen LogP) is 1.72. The molecule has 2 aromatic rings. The van der Waals surface area contributed by atoms with Gasteiger partial charge < -0.3 is 19.8 Å². The number of imidazole rings is 1. The number of methoxy groups -OCH3 is 2. The Balaban J connectivity index is 2.12. The first kappa shape index (κ1) is 14.7. The molecular weight excluding hydrogens is 254 g/mol. The summed E-state index contributed by atoms with van der Waals surface area (Å²) in [6.07, 6.45) is 4.06. The monoisotopic (exact) mass is 275 g/mol. The summed E-state index contributed by atoms with van der Waals surface area (Å²) in [7, 11) is 3.24. The number of aromatic nitrogens is 2. The van der Waals surface area contributed by atoms with Crippen LogP contribution in [-0.2, 0) is 22.4 Å². The van der Waals surface area contributed by atoms with Crippen LogP contribution in [0.1, 0.15) is 23.1 Å². The standard InChI is InChI=1S/C15H21N3O2/c1-19-15(20-2)14-9-17-11-18(14)10-13-5-3-12(4-6-13)7-8-16/h3-6,9,11,15H,7-8,10,16H2,1-2H3. The molecule has 0 saturated heterocycles. The van der Waals surface area contributed by atoms with Crippen LogP contribution in [0.3, 0.4) is 0 Å². The maximum absolute atomic E-state index is 5.55. The van der Waals surface area contributed by atoms with Crippen LogP contribution in [-0.4, -0.2) is 30.3 Å². The maximum atomic E-state index is 5.55. The second kappa shape index (κ2) is 7.19. The van der Waals surface area contributed by atoms with E-state index in [2.05, 4.69) is 29.2 Å². The lowest BCUT2D eigenvalue weighted by Crippen LogP contribution is -2.11. The van der Waals surface area contributed by atoms with Crippen molar-refractivity contribution in [1.29, 1.82) is 0 Å². The van der Waals surface area contributed by atoms with Gasteiger partial charge in [-0.05, 0) is 24.1 Å². The van der Waals surface area contributed by atoms with Gasteiger partial charge in [0.2, 0.25) is 0 Å². The van der Waals surface area contributed by atoms with Crippen molar-refractivity contribution in [2.24, 2.45) is 5.73 Å². The summed E-state index contributed by atoms with van der Waals surface area (Å²) in [5.41, 5.74) is 8.92. The Bertz CT molecular complexity index is 518. The Hall–Kier alpha value is -1.69. The minimum atomic E-state index is -0.394. The zero-order valence-electron chi connectivity index (χ0n) is 12.0. The van der Waals surface area contributed by atoms with Gasteiger partial charge in [-0.3, -0.25) is 0 Å². The normalized spacial score (nSPS) is 11.2. The number of nitrogens with two attached hydrogens (primary N) is 1. The van der Waals surface area contributed by atoms with Crippen LogP contribution in [0.15, 0.2) is 36.8 Å². The lowest BCUT2D eigenvalue weighted by atomic mass is 10.1. The van der Waals surface area contributed by atoms with Gasteiger partial charge in [-0.1, -0.05) is 24.3 Å². The number of benzene rings is 1. The van der Waals surface area contributed by atoms with Crippen molar-refractivity contribution in [3.63, 3.8) is 0 Å². The number of ether oxygens (including phenoxy) is 2. The minimum absolute atomic E-state index is 0.394. The summed E-state index contributed by atoms with van der Waals surface area (Å²) in [6.45, 7) is 1.41. The lowest BCUT2D eigenvalue weighted by molar-refractivity contribution is -0.110. The van der Waals surface area contributed by atoms with Gasteiger partial charge in [0.1, 0.15) is 0 Å². The Labute approximate surface area is 119 Å². The molecule has 0 bridgehead atoms. The fourth-order valence-electron chi connectivity index (χ4n) is 2.17. The zero-order valence-corrected chi connectivity index (χ0v) is 12.0. The number of rotatable bonds is 7. The van der Waals surface area contributed by atoms with E-state index in [9.17, 15) is 0 Å². The van der Waals surface area contributed by atoms with Crippen LogP contribution >= 0.6 is 0 Å². The average molecular weight is 275 g/mol. The van der Waals surface area contributed by atoms with E-state index in [1.54, 1.807) is 26.7 Å². The summed E-state index contributed by atoms with van der Waals surface area (Å²) in [5.74, 6) is 0. The van der Waals surface area contributed by atoms with Crippen LogP contribution in [0.25, 0.3) is 0 Å². The highest BCUT2D eigenvalue weighted by Gasteiger charge is 2.14. The van der Waals surface area contributed by atoms with Crippen molar-refractivity contribution >= 4 is 0 Å². The minimum Gasteiger partial charge on any atom is -0.350 e. The van der Waals surface area contributed by atoms with Crippen molar-refractivity contribution in [3.8, 4) is 0 Å². The molecule has 5 nitrogen and oxygen atoms in total. The third kappa shape index (κ3) is 3.45. The molecule has 0 unspecified atom stereocenters. The summed E-state index contributed by atoms with van der Waals surface area (Å²) < 4.78 is 12.6. The SMILES string of the molecule is COC(OC)c1cncn1Cc1ccc(CCN)cc1. The Morgan fingerprint density at radius 1 is 1.15 bits per heavy atom. The van der Waals surface area contributed by atoms with E-state index in [0.717, 1.165) is 18.7 Å². The Morgan fingerprint density at radius 2 is 1.80 bits per heavy atom. The van der Waals surface area contributed by atoms with Gasteiger partial charge in [0, 0.05) is 20.8 Å². The largest absolute Gasteiger partial charge is 0.350 e. The number of hydrogen-bond donors (Lipinski definition) is 1. The molecule has 2 rings (SSSR count). The van der Waals surface area contributed by atoms with Gasteiger partial charge in [-0.25, -0.2) is 4.98 Å². The third-order valence-corrected chi connectivity index (χ3v) is 3.22. The molecule has 0 spiro atoms. The van der Waals surface area contributed by atoms with Crippen LogP contribution < -0.4 is 5.73 Å². The van der Waals surface area contributed by atoms with E-state index >= 15 is 0 Å². The van der Waals surface area contributed by atoms with E-state index in [1.807, 2.05) is 4.57 Å². The van der Waals surface area contributed by atoms with E-state index in [-0.39, 0.29) is 0 Å². The first-order valence-corrected chi connectivity index (χ1v) is 6.62. The fraction of sp³-hybridized carbons (Fsp3) is 0.400. The van der Waals surface area contributed by atoms with Crippen LogP contribution in [0.2, 0.25) is 0 Å². The predicted molar refractivity (Wildman–Crippen MR) is 77.3 cm³/mol. The highest BCUT2D eigenvalue weighted by Crippen LogP contribution is 2.18. The van der Waals surface area contributed by atoms with Gasteiger partial charge in [0.05, 0.1) is 18.2 Å². The Kier molecular flexibility index (Phi) is 5.29. The van der Waals surface area contributed by atoms with Gasteiger partial charge in [0.25, 0.3) is 0 Å². The second-order valence-corrected chi connectivity index (χ2v) is 4.60. The molecule has 0 atom stereocenters. The summed E-state index contributed by atoms with van der Waals surface area (Å²) >= 11 is 0. The average Bonchev–Trinajstić information content (AvgIpc) is 2.91. The maximum Gasteiger partial charge on any atom is 0.200 e. The fourth-order valence-corrected chi connectivity index (χ4v) is 2.17. The van der Waals surface area contributed by atoms with Crippen molar-refractivity contribution in [2.75, 3.05) is 20.8 Å². The molecule has 0 aliphatic carbocycles. The molecule has 0 radical (unpaired) electrons. The van der Waals surface area contributed by atoms with Crippen molar-refractivity contribution in [1.82, 2.24) is 9.55 Å². The molecule has 2 N–H and O–H groups in total. The summed E-state index contributed by atoms with van der Waals surface area (Å²) in [4.78, 5) is 4.17. The molecule has 0 amide bonds. The molecule has 0 saturated carbocycles. The lowest BCUT2D eigenvalue weighted by Gasteiger charge is -2.16. The first-order chi connectivity index (χ1) is 9.78. The van der Waals surface area contributed by atoms with Gasteiger partial charge in [0.15, 0.2) is 6.29 Å². The molecule has 0 fully saturated rings. The van der Waals surface area contributed by atoms with Crippen molar-refractivity contribution in [3.05, 3.63) is 53.6 Å². The second-order valence-electron chi connectivity index (χ2n) is 4.60. The molecule has 1 heterocycles. The third-order valence-electron chi connectivity index (χ3n) is 3.22. The van der Waals surface area contributed by atoms with Gasteiger partial charge >= 0.3 is 0 Å². The number of hydrogen-bond acceptors (Lipinski definition) is 4.